The lowest BCUT2D eigenvalue weighted by molar-refractivity contribution is 0.0666. The molecule has 6 heteroatoms. The zero-order valence-corrected chi connectivity index (χ0v) is 11.3. The summed E-state index contributed by atoms with van der Waals surface area (Å²) >= 11 is 7.18. The van der Waals surface area contributed by atoms with E-state index in [4.69, 9.17) is 17.3 Å². The predicted molar refractivity (Wildman–Crippen MR) is 69.4 cm³/mol. The molecular weight excluding hydrogens is 258 g/mol. The van der Waals surface area contributed by atoms with E-state index >= 15 is 0 Å². The minimum absolute atomic E-state index is 0.0112. The fourth-order valence-corrected chi connectivity index (χ4v) is 3.10. The van der Waals surface area contributed by atoms with Crippen LogP contribution in [0.1, 0.15) is 29.4 Å². The van der Waals surface area contributed by atoms with E-state index in [0.717, 1.165) is 25.9 Å². The number of halogens is 1. The summed E-state index contributed by atoms with van der Waals surface area (Å²) in [6.45, 7) is 3.51. The number of nitrogens with two attached hydrogens (primary N) is 1. The molecule has 0 spiro atoms. The highest BCUT2D eigenvalue weighted by Gasteiger charge is 2.28. The number of carbonyl (C=O) groups excluding carboxylic acids is 1. The van der Waals surface area contributed by atoms with E-state index < -0.39 is 0 Å². The molecule has 2 rings (SSSR count). The van der Waals surface area contributed by atoms with Gasteiger partial charge in [-0.15, -0.1) is 11.3 Å². The molecular formula is C11H16ClN3OS. The Labute approximate surface area is 110 Å². The lowest BCUT2D eigenvalue weighted by Gasteiger charge is -2.34. The number of carbonyl (C=O) groups is 1. The Morgan fingerprint density at radius 1 is 1.76 bits per heavy atom. The normalized spacial score (nSPS) is 22.5. The maximum Gasteiger partial charge on any atom is 0.267 e. The van der Waals surface area contributed by atoms with Crippen LogP contribution in [-0.2, 0) is 0 Å². The van der Waals surface area contributed by atoms with E-state index in [1.54, 1.807) is 5.51 Å². The number of rotatable bonds is 2. The van der Waals surface area contributed by atoms with Crippen LogP contribution in [-0.4, -0.2) is 34.9 Å². The molecule has 94 valence electrons. The Morgan fingerprint density at radius 3 is 3.12 bits per heavy atom. The maximum absolute atomic E-state index is 12.2. The Hall–Kier alpha value is -0.650. The second kappa shape index (κ2) is 5.33. The third kappa shape index (κ3) is 2.78. The van der Waals surface area contributed by atoms with Crippen molar-refractivity contribution in [3.63, 3.8) is 0 Å². The summed E-state index contributed by atoms with van der Waals surface area (Å²) < 4.78 is 0. The van der Waals surface area contributed by atoms with Gasteiger partial charge in [-0.05, 0) is 25.7 Å². The molecule has 1 aromatic rings. The number of aromatic nitrogens is 1. The molecule has 17 heavy (non-hydrogen) atoms. The first-order valence-corrected chi connectivity index (χ1v) is 6.99. The van der Waals surface area contributed by atoms with E-state index in [2.05, 4.69) is 4.98 Å². The Kier molecular flexibility index (Phi) is 4.01. The van der Waals surface area contributed by atoms with Crippen molar-refractivity contribution >= 4 is 28.8 Å². The van der Waals surface area contributed by atoms with E-state index in [1.807, 2.05) is 11.8 Å². The fourth-order valence-electron chi connectivity index (χ4n) is 2.14. The number of thiazole rings is 1. The van der Waals surface area contributed by atoms with Gasteiger partial charge in [-0.25, -0.2) is 4.98 Å². The van der Waals surface area contributed by atoms with E-state index in [9.17, 15) is 4.79 Å². The van der Waals surface area contributed by atoms with Gasteiger partial charge in [0.15, 0.2) is 5.15 Å². The summed E-state index contributed by atoms with van der Waals surface area (Å²) in [5.41, 5.74) is 7.50. The van der Waals surface area contributed by atoms with Gasteiger partial charge in [0, 0.05) is 19.1 Å². The minimum Gasteiger partial charge on any atom is -0.338 e. The van der Waals surface area contributed by atoms with Gasteiger partial charge in [-0.2, -0.15) is 0 Å². The van der Waals surface area contributed by atoms with Gasteiger partial charge in [-0.3, -0.25) is 4.79 Å². The van der Waals surface area contributed by atoms with Gasteiger partial charge in [0.2, 0.25) is 0 Å². The highest BCUT2D eigenvalue weighted by Crippen LogP contribution is 2.25. The molecule has 2 heterocycles. The van der Waals surface area contributed by atoms with Gasteiger partial charge in [-0.1, -0.05) is 11.6 Å². The first-order valence-electron chi connectivity index (χ1n) is 5.73. The molecule has 0 aliphatic carbocycles. The van der Waals surface area contributed by atoms with Crippen molar-refractivity contribution in [2.75, 3.05) is 13.1 Å². The third-order valence-electron chi connectivity index (χ3n) is 3.21. The summed E-state index contributed by atoms with van der Waals surface area (Å²) in [7, 11) is 0. The van der Waals surface area contributed by atoms with Crippen LogP contribution in [0, 0.1) is 5.92 Å². The lowest BCUT2D eigenvalue weighted by Crippen LogP contribution is -2.44. The Bertz CT molecular complexity index is 407. The highest BCUT2D eigenvalue weighted by atomic mass is 35.5. The van der Waals surface area contributed by atoms with Crippen LogP contribution in [0.5, 0.6) is 0 Å². The van der Waals surface area contributed by atoms with E-state index in [1.165, 1.54) is 11.3 Å². The quantitative estimate of drug-likeness (QED) is 0.897. The number of piperidine rings is 1. The van der Waals surface area contributed by atoms with Gasteiger partial charge in [0.25, 0.3) is 5.91 Å². The zero-order chi connectivity index (χ0) is 12.4. The lowest BCUT2D eigenvalue weighted by atomic mass is 9.92. The van der Waals surface area contributed by atoms with Gasteiger partial charge in [0.1, 0.15) is 4.88 Å². The molecule has 1 aliphatic rings. The molecule has 0 radical (unpaired) electrons. The maximum atomic E-state index is 12.2. The summed E-state index contributed by atoms with van der Waals surface area (Å²) in [6.07, 6.45) is 2.10. The molecule has 0 aromatic carbocycles. The summed E-state index contributed by atoms with van der Waals surface area (Å²) in [5.74, 6) is 0.377. The van der Waals surface area contributed by atoms with Gasteiger partial charge in [0.05, 0.1) is 5.51 Å². The summed E-state index contributed by atoms with van der Waals surface area (Å²) in [6, 6.07) is 0.127. The van der Waals surface area contributed by atoms with Crippen molar-refractivity contribution in [3.05, 3.63) is 15.5 Å². The monoisotopic (exact) mass is 273 g/mol. The first-order chi connectivity index (χ1) is 8.09. The van der Waals surface area contributed by atoms with Crippen LogP contribution in [0.4, 0.5) is 0 Å². The van der Waals surface area contributed by atoms with Crippen LogP contribution < -0.4 is 5.73 Å². The molecule has 4 nitrogen and oxygen atoms in total. The van der Waals surface area contributed by atoms with Crippen LogP contribution in [0.25, 0.3) is 0 Å². The second-order valence-electron chi connectivity index (χ2n) is 4.48. The molecule has 0 unspecified atom stereocenters. The van der Waals surface area contributed by atoms with Crippen LogP contribution in [0.15, 0.2) is 5.51 Å². The van der Waals surface area contributed by atoms with E-state index in [-0.39, 0.29) is 11.9 Å². The molecule has 1 amide bonds. The van der Waals surface area contributed by atoms with Crippen molar-refractivity contribution in [2.24, 2.45) is 11.7 Å². The topological polar surface area (TPSA) is 59.2 Å². The van der Waals surface area contributed by atoms with Crippen molar-refractivity contribution in [3.8, 4) is 0 Å². The molecule has 2 N–H and O–H groups in total. The summed E-state index contributed by atoms with van der Waals surface area (Å²) in [5, 5.41) is 0.308. The standard InChI is InChI=1S/C11H16ClN3OS/c1-7(13)8-3-2-4-15(5-8)11(16)9-10(12)14-6-17-9/h6-8H,2-5,13H2,1H3/t7-,8-/m0/s1. The number of nitrogens with zero attached hydrogens (tertiary/aromatic N) is 2. The number of hydrogen-bond donors (Lipinski definition) is 1. The van der Waals surface area contributed by atoms with E-state index in [0.29, 0.717) is 15.9 Å². The second-order valence-corrected chi connectivity index (χ2v) is 5.70. The summed E-state index contributed by atoms with van der Waals surface area (Å²) in [4.78, 5) is 18.5. The molecule has 1 fully saturated rings. The minimum atomic E-state index is -0.0112. The van der Waals surface area contributed by atoms with Crippen LogP contribution in [0.3, 0.4) is 0 Å². The Balaban J connectivity index is 2.07. The van der Waals surface area contributed by atoms with Gasteiger partial charge < -0.3 is 10.6 Å². The fraction of sp³-hybridized carbons (Fsp3) is 0.636. The smallest absolute Gasteiger partial charge is 0.267 e. The van der Waals surface area contributed by atoms with Crippen molar-refractivity contribution < 1.29 is 4.79 Å². The predicted octanol–water partition coefficient (Wildman–Crippen LogP) is 2.00. The third-order valence-corrected chi connectivity index (χ3v) is 4.42. The Morgan fingerprint density at radius 2 is 2.53 bits per heavy atom. The largest absolute Gasteiger partial charge is 0.338 e. The van der Waals surface area contributed by atoms with Crippen LogP contribution >= 0.6 is 22.9 Å². The number of hydrogen-bond acceptors (Lipinski definition) is 4. The van der Waals surface area contributed by atoms with Crippen molar-refractivity contribution in [2.45, 2.75) is 25.8 Å². The molecule has 0 bridgehead atoms. The SMILES string of the molecule is C[C@H](N)[C@H]1CCCN(C(=O)c2scnc2Cl)C1. The zero-order valence-electron chi connectivity index (χ0n) is 9.73. The average molecular weight is 274 g/mol. The van der Waals surface area contributed by atoms with Crippen molar-refractivity contribution in [1.29, 1.82) is 0 Å². The first kappa shape index (κ1) is 12.8. The molecule has 1 saturated heterocycles. The number of amides is 1. The molecule has 0 saturated carbocycles. The highest BCUT2D eigenvalue weighted by molar-refractivity contribution is 7.12. The molecule has 1 aromatic heterocycles. The molecule has 2 atom stereocenters. The average Bonchev–Trinajstić information content (AvgIpc) is 2.74. The van der Waals surface area contributed by atoms with Gasteiger partial charge >= 0.3 is 0 Å². The molecule has 1 aliphatic heterocycles. The van der Waals surface area contributed by atoms with Crippen molar-refractivity contribution in [1.82, 2.24) is 9.88 Å². The van der Waals surface area contributed by atoms with Crippen LogP contribution in [0.2, 0.25) is 5.15 Å². The number of likely N-dealkylation sites (tertiary alicyclic amines) is 1.